The van der Waals surface area contributed by atoms with E-state index >= 15 is 0 Å². The lowest BCUT2D eigenvalue weighted by atomic mass is 9.46. The van der Waals surface area contributed by atoms with E-state index in [1.807, 2.05) is 13.8 Å². The number of hydrogen-bond donors (Lipinski definition) is 3. The second-order valence-corrected chi connectivity index (χ2v) is 17.4. The summed E-state index contributed by atoms with van der Waals surface area (Å²) in [4.78, 5) is 11.5. The van der Waals surface area contributed by atoms with Crippen molar-refractivity contribution in [2.45, 2.75) is 156 Å². The van der Waals surface area contributed by atoms with Crippen LogP contribution in [0, 0.1) is 45.3 Å². The van der Waals surface area contributed by atoms with Crippen molar-refractivity contribution in [2.75, 3.05) is 26.2 Å². The molecule has 12 atom stereocenters. The molecule has 7 aliphatic rings. The topological polar surface area (TPSA) is 109 Å². The number of carboxylic acids is 1. The van der Waals surface area contributed by atoms with Crippen molar-refractivity contribution in [3.8, 4) is 0 Å². The van der Waals surface area contributed by atoms with Crippen LogP contribution in [0.25, 0.3) is 0 Å². The van der Waals surface area contributed by atoms with Crippen LogP contribution in [0.3, 0.4) is 0 Å². The summed E-state index contributed by atoms with van der Waals surface area (Å²) in [5.41, 5.74) is 0.427. The molecular formula is C37H65NO7. The van der Waals surface area contributed by atoms with E-state index in [1.165, 1.54) is 38.5 Å². The van der Waals surface area contributed by atoms with E-state index in [0.717, 1.165) is 52.4 Å². The molecule has 0 amide bonds. The maximum absolute atomic E-state index is 12.0. The number of aliphatic hydroxyl groups excluding tert-OH is 1. The Bertz CT molecular complexity index is 1070. The van der Waals surface area contributed by atoms with Gasteiger partial charge < -0.3 is 29.5 Å². The molecule has 45 heavy (non-hydrogen) atoms. The molecular weight excluding hydrogens is 570 g/mol. The molecule has 260 valence electrons. The normalized spacial score (nSPS) is 48.2. The monoisotopic (exact) mass is 635 g/mol. The summed E-state index contributed by atoms with van der Waals surface area (Å²) in [7, 11) is 0. The van der Waals surface area contributed by atoms with Gasteiger partial charge in [-0.25, -0.2) is 0 Å². The van der Waals surface area contributed by atoms with Crippen LogP contribution in [0.2, 0.25) is 0 Å². The first-order chi connectivity index (χ1) is 20.6. The Morgan fingerprint density at radius 1 is 1.02 bits per heavy atom. The Kier molecular flexibility index (Phi) is 9.70. The smallest absolute Gasteiger partial charge is 0.300 e. The predicted octanol–water partition coefficient (Wildman–Crippen LogP) is 6.12. The predicted molar refractivity (Wildman–Crippen MR) is 175 cm³/mol. The summed E-state index contributed by atoms with van der Waals surface area (Å²) < 4.78 is 19.6. The molecule has 2 spiro atoms. The summed E-state index contributed by atoms with van der Waals surface area (Å²) in [6.07, 6.45) is 11.5. The molecule has 7 fully saturated rings. The zero-order valence-corrected chi connectivity index (χ0v) is 28.5. The highest BCUT2D eigenvalue weighted by Gasteiger charge is 2.81. The van der Waals surface area contributed by atoms with Crippen LogP contribution < -0.4 is 0 Å². The van der Waals surface area contributed by atoms with E-state index in [-0.39, 0.29) is 49.0 Å². The summed E-state index contributed by atoms with van der Waals surface area (Å²) in [5.74, 6) is 1.28. The highest BCUT2D eigenvalue weighted by molar-refractivity contribution is 5.62. The van der Waals surface area contributed by atoms with Gasteiger partial charge in [-0.2, -0.15) is 0 Å². The van der Waals surface area contributed by atoms with Crippen molar-refractivity contribution in [3.63, 3.8) is 0 Å². The molecule has 10 unspecified atom stereocenters. The minimum absolute atomic E-state index is 0. The van der Waals surface area contributed by atoms with Gasteiger partial charge in [-0.05, 0) is 124 Å². The zero-order valence-electron chi connectivity index (χ0n) is 28.5. The van der Waals surface area contributed by atoms with Gasteiger partial charge in [0.1, 0.15) is 0 Å². The molecule has 2 saturated heterocycles. The number of aliphatic hydroxyl groups is 2. The second-order valence-electron chi connectivity index (χ2n) is 17.4. The average Bonchev–Trinajstić information content (AvgIpc) is 3.55. The fourth-order valence-electron chi connectivity index (χ4n) is 12.5. The quantitative estimate of drug-likeness (QED) is 0.332. The first-order valence-electron chi connectivity index (χ1n) is 17.8. The average molecular weight is 636 g/mol. The number of aliphatic carboxylic acids is 1. The second kappa shape index (κ2) is 12.3. The summed E-state index contributed by atoms with van der Waals surface area (Å²) in [6.45, 7) is 18.3. The van der Waals surface area contributed by atoms with E-state index in [4.69, 9.17) is 24.1 Å². The number of ether oxygens (including phenoxy) is 3. The Morgan fingerprint density at radius 2 is 1.71 bits per heavy atom. The van der Waals surface area contributed by atoms with E-state index < -0.39 is 11.6 Å². The number of fused-ring (bicyclic) bond motifs is 4. The van der Waals surface area contributed by atoms with Crippen molar-refractivity contribution >= 4 is 5.97 Å². The maximum atomic E-state index is 12.0. The molecule has 0 aromatic heterocycles. The van der Waals surface area contributed by atoms with Gasteiger partial charge in [0.15, 0.2) is 6.29 Å². The molecule has 2 heterocycles. The lowest BCUT2D eigenvalue weighted by molar-refractivity contribution is -0.245. The minimum Gasteiger partial charge on any atom is -0.481 e. The first kappa shape index (κ1) is 35.5. The Hall–Kier alpha value is -0.770. The number of rotatable bonds is 5. The maximum Gasteiger partial charge on any atom is 0.300 e. The van der Waals surface area contributed by atoms with Crippen molar-refractivity contribution < 1.29 is 34.3 Å². The Labute approximate surface area is 272 Å². The van der Waals surface area contributed by atoms with Crippen molar-refractivity contribution in [3.05, 3.63) is 0 Å². The number of morpholine rings is 1. The number of carboxylic acid groups (broad SMARTS) is 1. The van der Waals surface area contributed by atoms with Crippen LogP contribution in [-0.2, 0) is 19.0 Å². The largest absolute Gasteiger partial charge is 0.481 e. The van der Waals surface area contributed by atoms with Crippen LogP contribution in [0.4, 0.5) is 0 Å². The highest BCUT2D eigenvalue weighted by atomic mass is 16.7. The summed E-state index contributed by atoms with van der Waals surface area (Å²) in [6, 6.07) is 0. The molecule has 3 N–H and O–H groups in total. The SMILES string of the molecule is C.CC(=O)O.CCN1CCOC(OC2CCC34CC35CCC3(C)C(C5CCC4C2(C)C)[C@@H](O)C2OC(CC(C)(C)O)CC[C@@H]23)C1. The number of hydrogen-bond acceptors (Lipinski definition) is 7. The number of likely N-dealkylation sites (N-methyl/N-ethyl adjacent to an activating group) is 1. The molecule has 0 aromatic carbocycles. The van der Waals surface area contributed by atoms with Gasteiger partial charge in [0, 0.05) is 26.4 Å². The van der Waals surface area contributed by atoms with E-state index in [0.29, 0.717) is 40.9 Å². The first-order valence-corrected chi connectivity index (χ1v) is 17.8. The molecule has 5 aliphatic carbocycles. The fraction of sp³-hybridized carbons (Fsp3) is 0.973. The van der Waals surface area contributed by atoms with Gasteiger partial charge in [0.2, 0.25) is 0 Å². The molecule has 5 saturated carbocycles. The van der Waals surface area contributed by atoms with Crippen LogP contribution >= 0.6 is 0 Å². The minimum atomic E-state index is -0.833. The van der Waals surface area contributed by atoms with E-state index in [9.17, 15) is 10.2 Å². The van der Waals surface area contributed by atoms with Gasteiger partial charge in [-0.1, -0.05) is 35.1 Å². The van der Waals surface area contributed by atoms with Gasteiger partial charge in [-0.15, -0.1) is 0 Å². The molecule has 2 aliphatic heterocycles. The van der Waals surface area contributed by atoms with Gasteiger partial charge in [0.25, 0.3) is 5.97 Å². The third-order valence-electron chi connectivity index (χ3n) is 14.2. The van der Waals surface area contributed by atoms with Gasteiger partial charge >= 0.3 is 0 Å². The third-order valence-corrected chi connectivity index (χ3v) is 14.2. The lowest BCUT2D eigenvalue weighted by Crippen LogP contribution is -2.56. The zero-order chi connectivity index (χ0) is 31.9. The molecule has 0 bridgehead atoms. The lowest BCUT2D eigenvalue weighted by Gasteiger charge is -2.60. The van der Waals surface area contributed by atoms with E-state index in [1.54, 1.807) is 0 Å². The molecule has 7 rings (SSSR count). The Morgan fingerprint density at radius 3 is 2.38 bits per heavy atom. The van der Waals surface area contributed by atoms with Crippen LogP contribution in [0.5, 0.6) is 0 Å². The van der Waals surface area contributed by atoms with E-state index in [2.05, 4.69) is 32.6 Å². The molecule has 8 nitrogen and oxygen atoms in total. The molecule has 8 heteroatoms. The van der Waals surface area contributed by atoms with Crippen LogP contribution in [0.1, 0.15) is 120 Å². The van der Waals surface area contributed by atoms with Crippen molar-refractivity contribution in [2.24, 2.45) is 45.3 Å². The Balaban J connectivity index is 0.000000757. The van der Waals surface area contributed by atoms with Crippen molar-refractivity contribution in [1.82, 2.24) is 4.90 Å². The number of nitrogens with zero attached hydrogens (tertiary/aromatic N) is 1. The standard InChI is InChI=1S/C34H57NO5.C2H4O2.CH4/c1-7-35-16-17-38-26(19-35)40-25-12-13-34-20-33(34)15-14-32(6)23-9-8-21(18-30(2,3)37)39-29(23)28(36)27(32)22(33)10-11-24(34)31(25,4)5;1-2(3)4;/h21-29,36-37H,7-20H2,1-6H3;1H3,(H,3,4);1H4/t21?,22?,23-,24?,25?,26?,27?,28+,29?,32?,33?,34?;;/m0../s1. The van der Waals surface area contributed by atoms with Gasteiger partial charge in [-0.3, -0.25) is 9.69 Å². The van der Waals surface area contributed by atoms with Crippen LogP contribution in [-0.4, -0.2) is 88.7 Å². The summed E-state index contributed by atoms with van der Waals surface area (Å²) >= 11 is 0. The van der Waals surface area contributed by atoms with Gasteiger partial charge in [0.05, 0.1) is 36.6 Å². The third kappa shape index (κ3) is 5.83. The molecule has 0 aromatic rings. The fourth-order valence-corrected chi connectivity index (χ4v) is 12.5. The summed E-state index contributed by atoms with van der Waals surface area (Å²) in [5, 5.41) is 29.9. The van der Waals surface area contributed by atoms with Crippen LogP contribution in [0.15, 0.2) is 0 Å². The highest BCUT2D eigenvalue weighted by Crippen LogP contribution is 2.87. The number of carbonyl (C=O) groups is 1. The molecule has 0 radical (unpaired) electrons. The van der Waals surface area contributed by atoms with Crippen molar-refractivity contribution in [1.29, 1.82) is 0 Å².